The molecule has 8 heteroatoms. The van der Waals surface area contributed by atoms with Crippen molar-refractivity contribution in [3.63, 3.8) is 0 Å². The summed E-state index contributed by atoms with van der Waals surface area (Å²) in [6.07, 6.45) is 4.34. The maximum absolute atomic E-state index is 13.7. The molecule has 2 N–H and O–H groups in total. The minimum atomic E-state index is -0.361. The number of ether oxygens (including phenoxy) is 1. The number of hydrogen-bond acceptors (Lipinski definition) is 3. The second kappa shape index (κ2) is 12.2. The van der Waals surface area contributed by atoms with Crippen molar-refractivity contribution in [2.45, 2.75) is 19.4 Å². The number of aromatic nitrogens is 2. The van der Waals surface area contributed by atoms with Crippen LogP contribution in [0.2, 0.25) is 0 Å². The highest BCUT2D eigenvalue weighted by atomic mass is 127. The number of benzene rings is 2. The highest BCUT2D eigenvalue weighted by Gasteiger charge is 2.08. The van der Waals surface area contributed by atoms with Crippen molar-refractivity contribution in [2.24, 2.45) is 4.99 Å². The number of guanidine groups is 1. The standard InChI is InChI=1S/C22H26FN5O.HI/c1-17(29-21-7-4-3-6-20(21)23)16-26-22(24-2)25-14-12-18-8-10-19(11-9-18)28-15-5-13-27-28;/h3-11,13,15,17H,12,14,16H2,1-2H3,(H2,24,25,26);1H. The molecule has 1 aromatic heterocycles. The predicted octanol–water partition coefficient (Wildman–Crippen LogP) is 3.80. The van der Waals surface area contributed by atoms with E-state index in [0.717, 1.165) is 18.7 Å². The molecule has 0 saturated heterocycles. The van der Waals surface area contributed by atoms with Crippen LogP contribution in [0.1, 0.15) is 12.5 Å². The summed E-state index contributed by atoms with van der Waals surface area (Å²) in [5, 5.41) is 10.7. The van der Waals surface area contributed by atoms with Crippen molar-refractivity contribution >= 4 is 29.9 Å². The van der Waals surface area contributed by atoms with Gasteiger partial charge in [0.05, 0.1) is 12.2 Å². The fourth-order valence-electron chi connectivity index (χ4n) is 2.82. The van der Waals surface area contributed by atoms with Crippen LogP contribution in [-0.4, -0.2) is 42.0 Å². The van der Waals surface area contributed by atoms with Crippen molar-refractivity contribution < 1.29 is 9.13 Å². The SMILES string of the molecule is CN=C(NCCc1ccc(-n2cccn2)cc1)NCC(C)Oc1ccccc1F.I. The molecule has 0 spiro atoms. The van der Waals surface area contributed by atoms with Gasteiger partial charge in [-0.1, -0.05) is 24.3 Å². The lowest BCUT2D eigenvalue weighted by Crippen LogP contribution is -2.42. The van der Waals surface area contributed by atoms with E-state index < -0.39 is 0 Å². The van der Waals surface area contributed by atoms with E-state index in [2.05, 4.69) is 45.0 Å². The number of nitrogens with zero attached hydrogens (tertiary/aromatic N) is 3. The van der Waals surface area contributed by atoms with E-state index in [4.69, 9.17) is 4.74 Å². The molecule has 0 saturated carbocycles. The summed E-state index contributed by atoms with van der Waals surface area (Å²) in [5.74, 6) is 0.575. The van der Waals surface area contributed by atoms with Gasteiger partial charge in [0.25, 0.3) is 0 Å². The average Bonchev–Trinajstić information content (AvgIpc) is 3.27. The molecule has 3 aromatic rings. The van der Waals surface area contributed by atoms with Gasteiger partial charge >= 0.3 is 0 Å². The first-order chi connectivity index (χ1) is 14.2. The van der Waals surface area contributed by atoms with Crippen molar-refractivity contribution in [3.05, 3.63) is 78.4 Å². The van der Waals surface area contributed by atoms with Crippen LogP contribution >= 0.6 is 24.0 Å². The summed E-state index contributed by atoms with van der Waals surface area (Å²) in [4.78, 5) is 4.22. The lowest BCUT2D eigenvalue weighted by atomic mass is 10.1. The zero-order chi connectivity index (χ0) is 20.5. The Balaban J connectivity index is 0.00000320. The van der Waals surface area contributed by atoms with Gasteiger partial charge < -0.3 is 15.4 Å². The molecule has 1 atom stereocenters. The summed E-state index contributed by atoms with van der Waals surface area (Å²) in [7, 11) is 1.72. The second-order valence-electron chi connectivity index (χ2n) is 6.61. The van der Waals surface area contributed by atoms with E-state index in [9.17, 15) is 4.39 Å². The Labute approximate surface area is 193 Å². The largest absolute Gasteiger partial charge is 0.486 e. The third-order valence-corrected chi connectivity index (χ3v) is 4.36. The molecule has 0 aliphatic rings. The van der Waals surface area contributed by atoms with E-state index in [-0.39, 0.29) is 41.6 Å². The van der Waals surface area contributed by atoms with Gasteiger partial charge in [0.15, 0.2) is 17.5 Å². The summed E-state index contributed by atoms with van der Waals surface area (Å²) in [6.45, 7) is 3.13. The lowest BCUT2D eigenvalue weighted by Gasteiger charge is -2.18. The number of para-hydroxylation sites is 1. The summed E-state index contributed by atoms with van der Waals surface area (Å²) in [5.41, 5.74) is 2.26. The summed E-state index contributed by atoms with van der Waals surface area (Å²) in [6, 6.07) is 16.6. The Bertz CT molecular complexity index is 916. The number of aliphatic imine (C=N–C) groups is 1. The van der Waals surface area contributed by atoms with Crippen LogP contribution in [0.25, 0.3) is 5.69 Å². The monoisotopic (exact) mass is 523 g/mol. The molecule has 3 rings (SSSR count). The zero-order valence-corrected chi connectivity index (χ0v) is 19.4. The van der Waals surface area contributed by atoms with Gasteiger partial charge in [0.1, 0.15) is 6.10 Å². The first-order valence-electron chi connectivity index (χ1n) is 9.60. The number of nitrogens with one attached hydrogen (secondary N) is 2. The van der Waals surface area contributed by atoms with E-state index in [0.29, 0.717) is 12.5 Å². The van der Waals surface area contributed by atoms with Crippen LogP contribution in [0, 0.1) is 5.82 Å². The Morgan fingerprint density at radius 3 is 2.57 bits per heavy atom. The molecule has 2 aromatic carbocycles. The molecule has 1 unspecified atom stereocenters. The molecule has 6 nitrogen and oxygen atoms in total. The second-order valence-corrected chi connectivity index (χ2v) is 6.61. The van der Waals surface area contributed by atoms with Crippen LogP contribution in [0.3, 0.4) is 0 Å². The Morgan fingerprint density at radius 2 is 1.90 bits per heavy atom. The smallest absolute Gasteiger partial charge is 0.191 e. The van der Waals surface area contributed by atoms with Gasteiger partial charge in [-0.25, -0.2) is 9.07 Å². The Hall–Kier alpha value is -2.62. The van der Waals surface area contributed by atoms with Gasteiger partial charge in [-0.3, -0.25) is 4.99 Å². The molecule has 0 bridgehead atoms. The highest BCUT2D eigenvalue weighted by molar-refractivity contribution is 14.0. The molecule has 30 heavy (non-hydrogen) atoms. The van der Waals surface area contributed by atoms with Crippen LogP contribution in [0.4, 0.5) is 4.39 Å². The normalized spacial score (nSPS) is 12.0. The van der Waals surface area contributed by atoms with Gasteiger partial charge in [0, 0.05) is 26.0 Å². The van der Waals surface area contributed by atoms with Crippen molar-refractivity contribution in [1.29, 1.82) is 0 Å². The fraction of sp³-hybridized carbons (Fsp3) is 0.273. The highest BCUT2D eigenvalue weighted by Crippen LogP contribution is 2.16. The molecule has 0 aliphatic heterocycles. The molecule has 0 radical (unpaired) electrons. The molecule has 0 fully saturated rings. The summed E-state index contributed by atoms with van der Waals surface area (Å²) < 4.78 is 21.1. The van der Waals surface area contributed by atoms with Crippen LogP contribution in [0.15, 0.2) is 72.0 Å². The van der Waals surface area contributed by atoms with Crippen molar-refractivity contribution in [3.8, 4) is 11.4 Å². The quantitative estimate of drug-likeness (QED) is 0.268. The van der Waals surface area contributed by atoms with E-state index in [1.165, 1.54) is 11.6 Å². The van der Waals surface area contributed by atoms with Crippen LogP contribution in [-0.2, 0) is 6.42 Å². The van der Waals surface area contributed by atoms with Crippen molar-refractivity contribution in [2.75, 3.05) is 20.1 Å². The van der Waals surface area contributed by atoms with Gasteiger partial charge in [-0.2, -0.15) is 5.10 Å². The first kappa shape index (κ1) is 23.7. The zero-order valence-electron chi connectivity index (χ0n) is 17.1. The van der Waals surface area contributed by atoms with Gasteiger partial charge in [-0.15, -0.1) is 24.0 Å². The minimum Gasteiger partial charge on any atom is -0.486 e. The molecule has 0 aliphatic carbocycles. The molecular weight excluding hydrogens is 496 g/mol. The third kappa shape index (κ3) is 7.01. The lowest BCUT2D eigenvalue weighted by molar-refractivity contribution is 0.214. The van der Waals surface area contributed by atoms with E-state index in [1.54, 1.807) is 31.4 Å². The van der Waals surface area contributed by atoms with Gasteiger partial charge in [-0.05, 0) is 49.2 Å². The topological polar surface area (TPSA) is 63.5 Å². The maximum Gasteiger partial charge on any atom is 0.191 e. The third-order valence-electron chi connectivity index (χ3n) is 4.36. The summed E-state index contributed by atoms with van der Waals surface area (Å²) >= 11 is 0. The molecular formula is C22H27FIN5O. The van der Waals surface area contributed by atoms with E-state index >= 15 is 0 Å². The molecule has 1 heterocycles. The Morgan fingerprint density at radius 1 is 1.13 bits per heavy atom. The van der Waals surface area contributed by atoms with Gasteiger partial charge in [0.2, 0.25) is 0 Å². The Kier molecular flexibility index (Phi) is 9.59. The van der Waals surface area contributed by atoms with Crippen LogP contribution < -0.4 is 15.4 Å². The fourth-order valence-corrected chi connectivity index (χ4v) is 2.82. The molecule has 160 valence electrons. The number of rotatable bonds is 8. The first-order valence-corrected chi connectivity index (χ1v) is 9.60. The van der Waals surface area contributed by atoms with E-state index in [1.807, 2.05) is 23.9 Å². The average molecular weight is 523 g/mol. The predicted molar refractivity (Wildman–Crippen MR) is 129 cm³/mol. The minimum absolute atomic E-state index is 0. The number of halogens is 2. The maximum atomic E-state index is 13.7. The molecule has 0 amide bonds. The number of hydrogen-bond donors (Lipinski definition) is 2. The van der Waals surface area contributed by atoms with Crippen molar-refractivity contribution in [1.82, 2.24) is 20.4 Å². The van der Waals surface area contributed by atoms with Crippen LogP contribution in [0.5, 0.6) is 5.75 Å².